The molecule has 0 aliphatic carbocycles. The van der Waals surface area contributed by atoms with Crippen molar-refractivity contribution >= 4 is 0 Å². The molecule has 0 N–H and O–H groups in total. The van der Waals surface area contributed by atoms with Gasteiger partial charge in [0.05, 0.1) is 11.5 Å². The van der Waals surface area contributed by atoms with E-state index in [0.717, 1.165) is 31.3 Å². The Bertz CT molecular complexity index is 255. The van der Waals surface area contributed by atoms with Gasteiger partial charge in [-0.1, -0.05) is 66.0 Å². The fraction of sp³-hybridized carbons (Fsp3) is 0.800. The van der Waals surface area contributed by atoms with Crippen molar-refractivity contribution in [1.29, 1.82) is 5.26 Å². The first kappa shape index (κ1) is 15.2. The van der Waals surface area contributed by atoms with Crippen molar-refractivity contribution in [1.82, 2.24) is 0 Å². The molecule has 1 heteroatoms. The molecule has 0 spiro atoms. The van der Waals surface area contributed by atoms with Crippen LogP contribution in [0.4, 0.5) is 0 Å². The lowest BCUT2D eigenvalue weighted by atomic mass is 9.62. The van der Waals surface area contributed by atoms with Crippen molar-refractivity contribution in [3.63, 3.8) is 0 Å². The first-order valence-corrected chi connectivity index (χ1v) is 6.60. The molecule has 0 amide bonds. The number of hydrogen-bond donors (Lipinski definition) is 0. The summed E-state index contributed by atoms with van der Waals surface area (Å²) in [6.07, 6.45) is 4.17. The molecule has 0 radical (unpaired) electrons. The maximum absolute atomic E-state index is 9.67. The first-order chi connectivity index (χ1) is 7.50. The van der Waals surface area contributed by atoms with Crippen molar-refractivity contribution in [3.8, 4) is 6.07 Å². The molecular weight excluding hydrogens is 194 g/mol. The number of nitriles is 1. The Hall–Kier alpha value is -0.770. The van der Waals surface area contributed by atoms with E-state index >= 15 is 0 Å². The minimum atomic E-state index is -0.320. The number of hydrogen-bond acceptors (Lipinski definition) is 1. The summed E-state index contributed by atoms with van der Waals surface area (Å²) in [6, 6.07) is 2.60. The Kier molecular flexibility index (Phi) is 6.41. The molecule has 0 saturated carbocycles. The van der Waals surface area contributed by atoms with Gasteiger partial charge in [-0.25, -0.2) is 0 Å². The van der Waals surface area contributed by atoms with Gasteiger partial charge in [-0.2, -0.15) is 5.26 Å². The molecule has 0 rings (SSSR count). The molecule has 0 aromatic carbocycles. The van der Waals surface area contributed by atoms with E-state index in [9.17, 15) is 5.26 Å². The monoisotopic (exact) mass is 221 g/mol. The van der Waals surface area contributed by atoms with E-state index in [1.54, 1.807) is 0 Å². The van der Waals surface area contributed by atoms with Crippen LogP contribution in [0.25, 0.3) is 0 Å². The van der Waals surface area contributed by atoms with Gasteiger partial charge in [0.25, 0.3) is 0 Å². The van der Waals surface area contributed by atoms with Gasteiger partial charge in [-0.05, 0) is 18.3 Å². The minimum absolute atomic E-state index is 0.320. The summed E-state index contributed by atoms with van der Waals surface area (Å²) in [5, 5.41) is 9.67. The highest BCUT2D eigenvalue weighted by molar-refractivity contribution is 5.24. The number of nitrogens with zero attached hydrogens (tertiary/aromatic N) is 1. The highest BCUT2D eigenvalue weighted by Gasteiger charge is 2.42. The number of rotatable bonds is 7. The van der Waals surface area contributed by atoms with E-state index in [2.05, 4.69) is 47.3 Å². The maximum atomic E-state index is 9.67. The minimum Gasteiger partial charge on any atom is -0.197 e. The normalized spacial score (nSPS) is 14.9. The van der Waals surface area contributed by atoms with Gasteiger partial charge in [-0.3, -0.25) is 0 Å². The second-order valence-corrected chi connectivity index (χ2v) is 5.00. The van der Waals surface area contributed by atoms with Crippen LogP contribution < -0.4 is 0 Å². The van der Waals surface area contributed by atoms with Crippen LogP contribution in [0.5, 0.6) is 0 Å². The van der Waals surface area contributed by atoms with Crippen molar-refractivity contribution < 1.29 is 0 Å². The molecular formula is C15H27N. The van der Waals surface area contributed by atoms with Gasteiger partial charge < -0.3 is 0 Å². The van der Waals surface area contributed by atoms with E-state index in [1.165, 1.54) is 0 Å². The average Bonchev–Trinajstić information content (AvgIpc) is 2.25. The van der Waals surface area contributed by atoms with E-state index < -0.39 is 0 Å². The SMILES string of the molecule is C=C(CCC)C(C#N)(C(C)C)C(CC)CC. The molecule has 0 bridgehead atoms. The Labute approximate surface area is 102 Å². The van der Waals surface area contributed by atoms with E-state index in [-0.39, 0.29) is 5.41 Å². The van der Waals surface area contributed by atoms with E-state index in [0.29, 0.717) is 11.8 Å². The van der Waals surface area contributed by atoms with Crippen molar-refractivity contribution in [2.45, 2.75) is 60.3 Å². The molecule has 16 heavy (non-hydrogen) atoms. The van der Waals surface area contributed by atoms with Gasteiger partial charge in [0.15, 0.2) is 0 Å². The molecule has 0 heterocycles. The summed E-state index contributed by atoms with van der Waals surface area (Å²) < 4.78 is 0. The Morgan fingerprint density at radius 3 is 2.00 bits per heavy atom. The van der Waals surface area contributed by atoms with Gasteiger partial charge in [0.1, 0.15) is 0 Å². The lowest BCUT2D eigenvalue weighted by molar-refractivity contribution is 0.191. The zero-order chi connectivity index (χ0) is 12.8. The molecule has 0 saturated heterocycles. The van der Waals surface area contributed by atoms with Crippen LogP contribution in [0.15, 0.2) is 12.2 Å². The van der Waals surface area contributed by atoms with Crippen LogP contribution in [-0.2, 0) is 0 Å². The second kappa shape index (κ2) is 6.74. The summed E-state index contributed by atoms with van der Waals surface area (Å²) in [6.45, 7) is 15.0. The molecule has 1 unspecified atom stereocenters. The third kappa shape index (κ3) is 2.67. The Balaban J connectivity index is 5.32. The van der Waals surface area contributed by atoms with Crippen LogP contribution >= 0.6 is 0 Å². The predicted molar refractivity (Wildman–Crippen MR) is 71.0 cm³/mol. The zero-order valence-electron chi connectivity index (χ0n) is 11.6. The third-order valence-corrected chi connectivity index (χ3v) is 3.86. The molecule has 0 aliphatic rings. The summed E-state index contributed by atoms with van der Waals surface area (Å²) in [7, 11) is 0. The lowest BCUT2D eigenvalue weighted by Crippen LogP contribution is -2.35. The molecule has 0 aromatic rings. The summed E-state index contributed by atoms with van der Waals surface area (Å²) in [5.41, 5.74) is 0.820. The molecule has 1 atom stereocenters. The molecule has 92 valence electrons. The highest BCUT2D eigenvalue weighted by atomic mass is 14.5. The highest BCUT2D eigenvalue weighted by Crippen LogP contribution is 2.46. The topological polar surface area (TPSA) is 23.8 Å². The summed E-state index contributed by atoms with van der Waals surface area (Å²) in [5.74, 6) is 0.790. The fourth-order valence-electron chi connectivity index (χ4n) is 2.91. The van der Waals surface area contributed by atoms with Crippen molar-refractivity contribution in [2.24, 2.45) is 17.3 Å². The van der Waals surface area contributed by atoms with Gasteiger partial charge >= 0.3 is 0 Å². The summed E-state index contributed by atoms with van der Waals surface area (Å²) in [4.78, 5) is 0. The van der Waals surface area contributed by atoms with Crippen LogP contribution in [0.1, 0.15) is 60.3 Å². The number of allylic oxidation sites excluding steroid dienone is 1. The van der Waals surface area contributed by atoms with Crippen LogP contribution in [0.3, 0.4) is 0 Å². The Morgan fingerprint density at radius 1 is 1.25 bits per heavy atom. The quantitative estimate of drug-likeness (QED) is 0.558. The second-order valence-electron chi connectivity index (χ2n) is 5.00. The third-order valence-electron chi connectivity index (χ3n) is 3.86. The van der Waals surface area contributed by atoms with E-state index in [1.807, 2.05) is 0 Å². The van der Waals surface area contributed by atoms with Gasteiger partial charge in [0, 0.05) is 0 Å². The van der Waals surface area contributed by atoms with Gasteiger partial charge in [-0.15, -0.1) is 0 Å². The standard InChI is InChI=1S/C15H27N/c1-7-10-13(6)15(11-16,12(4)5)14(8-2)9-3/h12,14H,6-10H2,1-5H3. The van der Waals surface area contributed by atoms with Crippen molar-refractivity contribution in [2.75, 3.05) is 0 Å². The largest absolute Gasteiger partial charge is 0.197 e. The molecule has 0 aromatic heterocycles. The molecule has 0 aliphatic heterocycles. The van der Waals surface area contributed by atoms with Crippen LogP contribution in [0.2, 0.25) is 0 Å². The Morgan fingerprint density at radius 2 is 1.75 bits per heavy atom. The molecule has 0 fully saturated rings. The van der Waals surface area contributed by atoms with Crippen LogP contribution in [0, 0.1) is 28.6 Å². The van der Waals surface area contributed by atoms with E-state index in [4.69, 9.17) is 0 Å². The van der Waals surface area contributed by atoms with Gasteiger partial charge in [0.2, 0.25) is 0 Å². The summed E-state index contributed by atoms with van der Waals surface area (Å²) >= 11 is 0. The fourth-order valence-corrected chi connectivity index (χ4v) is 2.91. The maximum Gasteiger partial charge on any atom is 0.0830 e. The predicted octanol–water partition coefficient (Wildman–Crippen LogP) is 4.94. The average molecular weight is 221 g/mol. The zero-order valence-corrected chi connectivity index (χ0v) is 11.6. The van der Waals surface area contributed by atoms with Crippen LogP contribution in [-0.4, -0.2) is 0 Å². The first-order valence-electron chi connectivity index (χ1n) is 6.60. The smallest absolute Gasteiger partial charge is 0.0830 e. The van der Waals surface area contributed by atoms with Crippen molar-refractivity contribution in [3.05, 3.63) is 12.2 Å². The molecule has 1 nitrogen and oxygen atoms in total. The lowest BCUT2D eigenvalue weighted by Gasteiger charge is -2.39.